The second-order valence-electron chi connectivity index (χ2n) is 5.45. The van der Waals surface area contributed by atoms with E-state index < -0.39 is 0 Å². The Bertz CT molecular complexity index is 1040. The minimum Gasteiger partial charge on any atom is -0.384 e. The summed E-state index contributed by atoms with van der Waals surface area (Å²) in [6, 6.07) is 11.6. The van der Waals surface area contributed by atoms with E-state index in [0.29, 0.717) is 27.9 Å². The number of nitrogen functional groups attached to an aromatic ring is 1. The Morgan fingerprint density at radius 2 is 2.08 bits per heavy atom. The summed E-state index contributed by atoms with van der Waals surface area (Å²) in [7, 11) is 0. The number of anilines is 1. The number of aromatic nitrogens is 6. The first kappa shape index (κ1) is 15.9. The van der Waals surface area contributed by atoms with Gasteiger partial charge in [-0.15, -0.1) is 16.9 Å². The normalized spacial score (nSPS) is 11.3. The number of thioether (sulfide) groups is 1. The average molecular weight is 372 g/mol. The zero-order chi connectivity index (χ0) is 17.4. The third-order valence-electron chi connectivity index (χ3n) is 3.78. The van der Waals surface area contributed by atoms with E-state index in [1.165, 1.54) is 0 Å². The van der Waals surface area contributed by atoms with Gasteiger partial charge >= 0.3 is 0 Å². The molecule has 0 unspecified atom stereocenters. The molecule has 7 nitrogen and oxygen atoms in total. The molecule has 0 bridgehead atoms. The van der Waals surface area contributed by atoms with Gasteiger partial charge in [-0.05, 0) is 25.1 Å². The maximum Gasteiger partial charge on any atom is 0.179 e. The first-order chi connectivity index (χ1) is 12.1. The van der Waals surface area contributed by atoms with Crippen LogP contribution in [0.15, 0.2) is 41.3 Å². The van der Waals surface area contributed by atoms with Crippen LogP contribution in [0, 0.1) is 6.92 Å². The molecule has 0 fully saturated rings. The Hall–Kier alpha value is -2.58. The molecule has 126 valence electrons. The predicted octanol–water partition coefficient (Wildman–Crippen LogP) is 3.37. The Morgan fingerprint density at radius 1 is 1.28 bits per heavy atom. The molecule has 25 heavy (non-hydrogen) atoms. The number of benzene rings is 1. The molecule has 0 saturated heterocycles. The number of nitrogens with two attached hydrogens (primary N) is 1. The van der Waals surface area contributed by atoms with Gasteiger partial charge in [0.25, 0.3) is 0 Å². The monoisotopic (exact) mass is 371 g/mol. The van der Waals surface area contributed by atoms with Crippen LogP contribution in [-0.2, 0) is 5.75 Å². The van der Waals surface area contributed by atoms with E-state index in [1.807, 2.05) is 37.3 Å². The van der Waals surface area contributed by atoms with Gasteiger partial charge < -0.3 is 5.73 Å². The molecular formula is C16H14ClN7S. The second kappa shape index (κ2) is 6.38. The highest BCUT2D eigenvalue weighted by atomic mass is 35.5. The Morgan fingerprint density at radius 3 is 2.88 bits per heavy atom. The topological polar surface area (TPSA) is 98.3 Å². The van der Waals surface area contributed by atoms with E-state index in [1.54, 1.807) is 22.5 Å². The molecule has 3 N–H and O–H groups in total. The molecule has 0 aliphatic heterocycles. The molecule has 9 heteroatoms. The quantitative estimate of drug-likeness (QED) is 0.533. The fourth-order valence-corrected chi connectivity index (χ4v) is 4.07. The fourth-order valence-electron chi connectivity index (χ4n) is 2.53. The van der Waals surface area contributed by atoms with E-state index in [0.717, 1.165) is 21.8 Å². The minimum atomic E-state index is 0.420. The zero-order valence-corrected chi connectivity index (χ0v) is 14.8. The fraction of sp³-hybridized carbons (Fsp3) is 0.125. The Balaban J connectivity index is 1.65. The van der Waals surface area contributed by atoms with Crippen LogP contribution in [0.1, 0.15) is 11.3 Å². The number of nitrogens with zero attached hydrogens (tertiary/aromatic N) is 5. The third kappa shape index (κ3) is 2.94. The van der Waals surface area contributed by atoms with Gasteiger partial charge in [0.05, 0.1) is 11.4 Å². The lowest BCUT2D eigenvalue weighted by molar-refractivity contribution is 0.863. The van der Waals surface area contributed by atoms with Gasteiger partial charge in [-0.3, -0.25) is 0 Å². The summed E-state index contributed by atoms with van der Waals surface area (Å²) in [4.78, 5) is 5.07. The molecule has 3 heterocycles. The summed E-state index contributed by atoms with van der Waals surface area (Å²) >= 11 is 8.15. The molecule has 0 aliphatic carbocycles. The van der Waals surface area contributed by atoms with E-state index in [4.69, 9.17) is 17.3 Å². The average Bonchev–Trinajstić information content (AvgIpc) is 3.18. The highest BCUT2D eigenvalue weighted by Gasteiger charge is 2.16. The van der Waals surface area contributed by atoms with E-state index in [2.05, 4.69) is 25.5 Å². The smallest absolute Gasteiger partial charge is 0.179 e. The van der Waals surface area contributed by atoms with Crippen molar-refractivity contribution >= 4 is 40.3 Å². The highest BCUT2D eigenvalue weighted by molar-refractivity contribution is 7.98. The number of aryl methyl sites for hydroxylation is 1. The van der Waals surface area contributed by atoms with Crippen LogP contribution >= 0.6 is 23.4 Å². The summed E-state index contributed by atoms with van der Waals surface area (Å²) in [5, 5.41) is 15.8. The van der Waals surface area contributed by atoms with Crippen molar-refractivity contribution in [2.75, 3.05) is 5.73 Å². The van der Waals surface area contributed by atoms with Gasteiger partial charge in [-0.1, -0.05) is 35.0 Å². The summed E-state index contributed by atoms with van der Waals surface area (Å²) in [6.07, 6.45) is 0. The highest BCUT2D eigenvalue weighted by Crippen LogP contribution is 2.33. The molecule has 0 spiro atoms. The van der Waals surface area contributed by atoms with Gasteiger partial charge in [0.2, 0.25) is 0 Å². The van der Waals surface area contributed by atoms with Crippen molar-refractivity contribution in [1.29, 1.82) is 0 Å². The standard InChI is InChI=1S/C16H14ClN7S/c1-9-11(15(17)24(22-9)10-5-3-2-4-6-10)8-25-12-7-13(18)19-16-14(12)20-23-21-16/h2-7H,8H2,1H3,(H3,18,19,20,21,23). The number of hydrogen-bond donors (Lipinski definition) is 2. The Labute approximate surface area is 152 Å². The molecule has 1 aromatic carbocycles. The van der Waals surface area contributed by atoms with E-state index >= 15 is 0 Å². The summed E-state index contributed by atoms with van der Waals surface area (Å²) in [5.41, 5.74) is 9.91. The van der Waals surface area contributed by atoms with Crippen molar-refractivity contribution in [2.45, 2.75) is 17.6 Å². The van der Waals surface area contributed by atoms with Crippen LogP contribution in [0.5, 0.6) is 0 Å². The van der Waals surface area contributed by atoms with E-state index in [9.17, 15) is 0 Å². The lowest BCUT2D eigenvalue weighted by Gasteiger charge is -2.05. The Kier molecular flexibility index (Phi) is 4.06. The molecule has 4 aromatic rings. The molecule has 3 aromatic heterocycles. The zero-order valence-electron chi connectivity index (χ0n) is 13.3. The molecule has 0 radical (unpaired) electrons. The van der Waals surface area contributed by atoms with E-state index in [-0.39, 0.29) is 0 Å². The molecular weight excluding hydrogens is 358 g/mol. The number of pyridine rings is 1. The van der Waals surface area contributed by atoms with Crippen molar-refractivity contribution < 1.29 is 0 Å². The maximum absolute atomic E-state index is 6.57. The van der Waals surface area contributed by atoms with Crippen LogP contribution < -0.4 is 5.73 Å². The van der Waals surface area contributed by atoms with Gasteiger partial charge in [0, 0.05) is 16.2 Å². The molecule has 0 saturated carbocycles. The lowest BCUT2D eigenvalue weighted by atomic mass is 10.3. The summed E-state index contributed by atoms with van der Waals surface area (Å²) in [6.45, 7) is 1.95. The first-order valence-electron chi connectivity index (χ1n) is 7.53. The van der Waals surface area contributed by atoms with Crippen LogP contribution in [-0.4, -0.2) is 30.2 Å². The molecule has 0 atom stereocenters. The number of H-pyrrole nitrogens is 1. The van der Waals surface area contributed by atoms with Crippen molar-refractivity contribution in [3.05, 3.63) is 52.8 Å². The van der Waals surface area contributed by atoms with Crippen LogP contribution in [0.4, 0.5) is 5.82 Å². The van der Waals surface area contributed by atoms with Crippen LogP contribution in [0.2, 0.25) is 5.15 Å². The lowest BCUT2D eigenvalue weighted by Crippen LogP contribution is -1.96. The first-order valence-corrected chi connectivity index (χ1v) is 8.89. The SMILES string of the molecule is Cc1nn(-c2ccccc2)c(Cl)c1CSc1cc(N)nc2[nH]nnc12. The number of para-hydroxylation sites is 1. The van der Waals surface area contributed by atoms with Crippen LogP contribution in [0.25, 0.3) is 16.9 Å². The maximum atomic E-state index is 6.57. The number of rotatable bonds is 4. The van der Waals surface area contributed by atoms with Gasteiger partial charge in [-0.25, -0.2) is 14.8 Å². The van der Waals surface area contributed by atoms with Crippen molar-refractivity contribution in [2.24, 2.45) is 0 Å². The molecule has 4 rings (SSSR count). The summed E-state index contributed by atoms with van der Waals surface area (Å²) < 4.78 is 1.75. The van der Waals surface area contributed by atoms with Gasteiger partial charge in [0.1, 0.15) is 16.5 Å². The van der Waals surface area contributed by atoms with Gasteiger partial charge in [0.15, 0.2) is 5.65 Å². The number of hydrogen-bond acceptors (Lipinski definition) is 6. The molecule has 0 aliphatic rings. The second-order valence-corrected chi connectivity index (χ2v) is 6.82. The largest absolute Gasteiger partial charge is 0.384 e. The number of halogens is 1. The molecule has 0 amide bonds. The third-order valence-corrected chi connectivity index (χ3v) is 5.22. The van der Waals surface area contributed by atoms with Gasteiger partial charge in [-0.2, -0.15) is 5.10 Å². The minimum absolute atomic E-state index is 0.420. The number of nitrogens with one attached hydrogen (secondary N) is 1. The van der Waals surface area contributed by atoms with Crippen LogP contribution in [0.3, 0.4) is 0 Å². The predicted molar refractivity (Wildman–Crippen MR) is 99.0 cm³/mol. The van der Waals surface area contributed by atoms with Crippen molar-refractivity contribution in [3.63, 3.8) is 0 Å². The number of aromatic amines is 1. The van der Waals surface area contributed by atoms with Crippen molar-refractivity contribution in [3.8, 4) is 5.69 Å². The van der Waals surface area contributed by atoms with Crippen molar-refractivity contribution in [1.82, 2.24) is 30.2 Å². The summed E-state index contributed by atoms with van der Waals surface area (Å²) in [5.74, 6) is 1.06. The number of fused-ring (bicyclic) bond motifs is 1.